The lowest BCUT2D eigenvalue weighted by molar-refractivity contribution is 0.191. The maximum atomic E-state index is 10.3. The van der Waals surface area contributed by atoms with Gasteiger partial charge in [-0.25, -0.2) is 4.98 Å². The van der Waals surface area contributed by atoms with E-state index in [0.717, 1.165) is 17.1 Å². The fourth-order valence-corrected chi connectivity index (χ4v) is 2.61. The number of aliphatic hydroxyl groups excluding tert-OH is 1. The molecule has 0 fully saturated rings. The smallest absolute Gasteiger partial charge is 0.254 e. The molecule has 0 amide bonds. The van der Waals surface area contributed by atoms with E-state index in [9.17, 15) is 5.11 Å². The Morgan fingerprint density at radius 2 is 2.09 bits per heavy atom. The fourth-order valence-electron chi connectivity index (χ4n) is 2.20. The molecule has 6 nitrogen and oxygen atoms in total. The van der Waals surface area contributed by atoms with Crippen LogP contribution in [0.5, 0.6) is 0 Å². The Bertz CT molecular complexity index is 771. The van der Waals surface area contributed by atoms with Gasteiger partial charge < -0.3 is 10.4 Å². The molecule has 0 radical (unpaired) electrons. The summed E-state index contributed by atoms with van der Waals surface area (Å²) >= 11 is 1.68. The van der Waals surface area contributed by atoms with Crippen LogP contribution in [-0.2, 0) is 0 Å². The number of aryl methyl sites for hydroxylation is 1. The average Bonchev–Trinajstić information content (AvgIpc) is 3.00. The number of nitrogens with zero attached hydrogens (tertiary/aromatic N) is 4. The van der Waals surface area contributed by atoms with Gasteiger partial charge >= 0.3 is 0 Å². The first-order valence-electron chi connectivity index (χ1n) is 6.90. The van der Waals surface area contributed by atoms with Gasteiger partial charge in [0, 0.05) is 23.2 Å². The average molecular weight is 315 g/mol. The van der Waals surface area contributed by atoms with E-state index in [2.05, 4.69) is 20.4 Å². The molecule has 2 N–H and O–H groups in total. The lowest BCUT2D eigenvalue weighted by Crippen LogP contribution is -2.15. The van der Waals surface area contributed by atoms with Gasteiger partial charge in [0.1, 0.15) is 12.1 Å². The van der Waals surface area contributed by atoms with Crippen LogP contribution >= 0.6 is 11.8 Å². The van der Waals surface area contributed by atoms with Crippen LogP contribution in [0.3, 0.4) is 0 Å². The van der Waals surface area contributed by atoms with E-state index < -0.39 is 6.10 Å². The summed E-state index contributed by atoms with van der Waals surface area (Å²) in [5.41, 5.74) is 1.73. The first-order chi connectivity index (χ1) is 10.7. The number of aliphatic hydroxyl groups is 1. The maximum absolute atomic E-state index is 10.3. The molecule has 114 valence electrons. The Hall–Kier alpha value is -2.12. The van der Waals surface area contributed by atoms with E-state index >= 15 is 0 Å². The second-order valence-corrected chi connectivity index (χ2v) is 5.80. The van der Waals surface area contributed by atoms with Crippen molar-refractivity contribution < 1.29 is 5.11 Å². The molecule has 0 bridgehead atoms. The lowest BCUT2D eigenvalue weighted by atomic mass is 10.1. The molecule has 7 heteroatoms. The summed E-state index contributed by atoms with van der Waals surface area (Å²) in [5, 5.41) is 17.6. The predicted molar refractivity (Wildman–Crippen MR) is 87.2 cm³/mol. The number of aromatic nitrogens is 4. The van der Waals surface area contributed by atoms with Crippen molar-refractivity contribution in [2.45, 2.75) is 17.9 Å². The normalized spacial score (nSPS) is 12.5. The van der Waals surface area contributed by atoms with Gasteiger partial charge in [-0.05, 0) is 30.9 Å². The summed E-state index contributed by atoms with van der Waals surface area (Å²) in [6, 6.07) is 9.79. The van der Waals surface area contributed by atoms with Crippen molar-refractivity contribution in [3.05, 3.63) is 47.9 Å². The molecule has 0 aliphatic rings. The minimum Gasteiger partial charge on any atom is -0.387 e. The monoisotopic (exact) mass is 315 g/mol. The zero-order valence-electron chi connectivity index (χ0n) is 12.4. The van der Waals surface area contributed by atoms with Crippen molar-refractivity contribution >= 4 is 23.4 Å². The fraction of sp³-hybridized carbons (Fsp3) is 0.267. The molecular weight excluding hydrogens is 298 g/mol. The van der Waals surface area contributed by atoms with Crippen molar-refractivity contribution in [1.82, 2.24) is 19.6 Å². The third-order valence-corrected chi connectivity index (χ3v) is 4.10. The standard InChI is InChI=1S/C15H17N5OS/c1-10-7-14(20-15(19-10)17-9-18-20)16-8-13(21)11-3-5-12(22-2)6-4-11/h3-7,9,13,16,21H,8H2,1-2H3. The van der Waals surface area contributed by atoms with Gasteiger partial charge in [-0.2, -0.15) is 14.6 Å². The van der Waals surface area contributed by atoms with Crippen LogP contribution in [0.25, 0.3) is 5.78 Å². The number of nitrogens with one attached hydrogen (secondary N) is 1. The number of anilines is 1. The van der Waals surface area contributed by atoms with E-state index in [1.165, 1.54) is 11.2 Å². The quantitative estimate of drug-likeness (QED) is 0.704. The zero-order chi connectivity index (χ0) is 15.5. The third-order valence-electron chi connectivity index (χ3n) is 3.36. The van der Waals surface area contributed by atoms with Gasteiger partial charge in [-0.3, -0.25) is 0 Å². The first kappa shape index (κ1) is 14.8. The SMILES string of the molecule is CSc1ccc(C(O)CNc2cc(C)nc3ncnn23)cc1. The number of rotatable bonds is 5. The summed E-state index contributed by atoms with van der Waals surface area (Å²) < 4.78 is 1.62. The van der Waals surface area contributed by atoms with Crippen molar-refractivity contribution in [1.29, 1.82) is 0 Å². The minimum absolute atomic E-state index is 0.386. The molecule has 0 aliphatic heterocycles. The second kappa shape index (κ2) is 6.33. The largest absolute Gasteiger partial charge is 0.387 e. The van der Waals surface area contributed by atoms with Gasteiger partial charge in [0.25, 0.3) is 5.78 Å². The van der Waals surface area contributed by atoms with Gasteiger partial charge in [-0.15, -0.1) is 11.8 Å². The first-order valence-corrected chi connectivity index (χ1v) is 8.13. The number of hydrogen-bond donors (Lipinski definition) is 2. The van der Waals surface area contributed by atoms with Crippen LogP contribution in [0.15, 0.2) is 41.6 Å². The van der Waals surface area contributed by atoms with Gasteiger partial charge in [0.2, 0.25) is 0 Å². The lowest BCUT2D eigenvalue weighted by Gasteiger charge is -2.14. The van der Waals surface area contributed by atoms with E-state index in [4.69, 9.17) is 0 Å². The van der Waals surface area contributed by atoms with Crippen LogP contribution in [0.2, 0.25) is 0 Å². The summed E-state index contributed by atoms with van der Waals surface area (Å²) in [7, 11) is 0. The Labute approximate surface area is 132 Å². The Morgan fingerprint density at radius 1 is 1.32 bits per heavy atom. The zero-order valence-corrected chi connectivity index (χ0v) is 13.2. The van der Waals surface area contributed by atoms with Crippen LogP contribution in [0.1, 0.15) is 17.4 Å². The highest BCUT2D eigenvalue weighted by Crippen LogP contribution is 2.20. The van der Waals surface area contributed by atoms with E-state index in [1.54, 1.807) is 16.3 Å². The highest BCUT2D eigenvalue weighted by atomic mass is 32.2. The number of fused-ring (bicyclic) bond motifs is 1. The number of benzene rings is 1. The van der Waals surface area contributed by atoms with Gasteiger partial charge in [0.15, 0.2) is 0 Å². The molecule has 1 unspecified atom stereocenters. The summed E-state index contributed by atoms with van der Waals surface area (Å²) in [6.07, 6.45) is 2.90. The topological polar surface area (TPSA) is 75.3 Å². The highest BCUT2D eigenvalue weighted by Gasteiger charge is 2.10. The number of thioether (sulfide) groups is 1. The molecule has 2 heterocycles. The molecule has 1 aromatic carbocycles. The molecule has 3 aromatic rings. The van der Waals surface area contributed by atoms with Gasteiger partial charge in [-0.1, -0.05) is 12.1 Å². The summed E-state index contributed by atoms with van der Waals surface area (Å²) in [4.78, 5) is 9.54. The highest BCUT2D eigenvalue weighted by molar-refractivity contribution is 7.98. The van der Waals surface area contributed by atoms with Crippen LogP contribution in [0.4, 0.5) is 5.82 Å². The van der Waals surface area contributed by atoms with Gasteiger partial charge in [0.05, 0.1) is 6.10 Å². The molecule has 0 saturated heterocycles. The molecule has 3 rings (SSSR count). The molecule has 0 saturated carbocycles. The summed E-state index contributed by atoms with van der Waals surface area (Å²) in [5.74, 6) is 1.31. The number of hydrogen-bond acceptors (Lipinski definition) is 6. The van der Waals surface area contributed by atoms with E-state index in [1.807, 2.05) is 43.5 Å². The van der Waals surface area contributed by atoms with Crippen molar-refractivity contribution in [3.8, 4) is 0 Å². The minimum atomic E-state index is -0.594. The van der Waals surface area contributed by atoms with Crippen molar-refractivity contribution in [2.24, 2.45) is 0 Å². The Balaban J connectivity index is 1.74. The van der Waals surface area contributed by atoms with E-state index in [-0.39, 0.29) is 0 Å². The molecule has 0 spiro atoms. The molecule has 0 aliphatic carbocycles. The van der Waals surface area contributed by atoms with Crippen molar-refractivity contribution in [2.75, 3.05) is 18.1 Å². The molecule has 2 aromatic heterocycles. The third kappa shape index (κ3) is 3.05. The molecular formula is C15H17N5OS. The van der Waals surface area contributed by atoms with Crippen LogP contribution in [0, 0.1) is 6.92 Å². The maximum Gasteiger partial charge on any atom is 0.254 e. The molecule has 1 atom stereocenters. The van der Waals surface area contributed by atoms with Crippen molar-refractivity contribution in [3.63, 3.8) is 0 Å². The summed E-state index contributed by atoms with van der Waals surface area (Å²) in [6.45, 7) is 2.29. The Kier molecular flexibility index (Phi) is 4.26. The molecule has 22 heavy (non-hydrogen) atoms. The predicted octanol–water partition coefficient (Wildman–Crippen LogP) is 2.30. The second-order valence-electron chi connectivity index (χ2n) is 4.92. The van der Waals surface area contributed by atoms with Crippen LogP contribution < -0.4 is 5.32 Å². The van der Waals surface area contributed by atoms with E-state index in [0.29, 0.717) is 12.3 Å². The van der Waals surface area contributed by atoms with Crippen LogP contribution in [-0.4, -0.2) is 37.5 Å². The Morgan fingerprint density at radius 3 is 2.82 bits per heavy atom.